The van der Waals surface area contributed by atoms with Crippen LogP contribution in [0.2, 0.25) is 0 Å². The minimum absolute atomic E-state index is 0.212. The Kier molecular flexibility index (Phi) is 6.49. The average molecular weight is 284 g/mol. The Bertz CT molecular complexity index is 278. The van der Waals surface area contributed by atoms with E-state index >= 15 is 0 Å². The van der Waals surface area contributed by atoms with Crippen molar-refractivity contribution in [2.24, 2.45) is 5.41 Å². The van der Waals surface area contributed by atoms with Gasteiger partial charge in [0.25, 0.3) is 0 Å². The molecule has 120 valence electrons. The van der Waals surface area contributed by atoms with E-state index in [4.69, 9.17) is 0 Å². The third-order valence-corrected chi connectivity index (χ3v) is 5.00. The summed E-state index contributed by atoms with van der Waals surface area (Å²) in [6.07, 6.45) is 2.51. The monoisotopic (exact) mass is 283 g/mol. The molecular weight excluding hydrogens is 246 g/mol. The maximum absolute atomic E-state index is 3.74. The predicted molar refractivity (Wildman–Crippen MR) is 89.3 cm³/mol. The summed E-state index contributed by atoms with van der Waals surface area (Å²) in [6, 6.07) is 0.681. The van der Waals surface area contributed by atoms with E-state index in [9.17, 15) is 0 Å². The average Bonchev–Trinajstić information content (AvgIpc) is 2.36. The molecule has 20 heavy (non-hydrogen) atoms. The van der Waals surface area contributed by atoms with Gasteiger partial charge in [-0.2, -0.15) is 0 Å². The summed E-state index contributed by atoms with van der Waals surface area (Å²) < 4.78 is 0. The Labute approximate surface area is 127 Å². The lowest BCUT2D eigenvalue weighted by atomic mass is 9.80. The Morgan fingerprint density at radius 2 is 1.70 bits per heavy atom. The van der Waals surface area contributed by atoms with Crippen molar-refractivity contribution in [2.45, 2.75) is 66.0 Å². The van der Waals surface area contributed by atoms with Crippen LogP contribution < -0.4 is 5.32 Å². The summed E-state index contributed by atoms with van der Waals surface area (Å²) >= 11 is 0. The second-order valence-corrected chi connectivity index (χ2v) is 7.89. The highest BCUT2D eigenvalue weighted by atomic mass is 15.3. The SMILES string of the molecule is CCC(CC)(CNC(C)(C)C)CN1CCN(C)CC1C. The van der Waals surface area contributed by atoms with Crippen LogP contribution in [0.3, 0.4) is 0 Å². The zero-order chi connectivity index (χ0) is 15.4. The third-order valence-electron chi connectivity index (χ3n) is 5.00. The number of hydrogen-bond donors (Lipinski definition) is 1. The first-order chi connectivity index (χ1) is 9.21. The molecule has 1 aliphatic heterocycles. The van der Waals surface area contributed by atoms with Gasteiger partial charge in [0.15, 0.2) is 0 Å². The Morgan fingerprint density at radius 1 is 1.10 bits per heavy atom. The van der Waals surface area contributed by atoms with Gasteiger partial charge in [-0.1, -0.05) is 13.8 Å². The van der Waals surface area contributed by atoms with Crippen molar-refractivity contribution >= 4 is 0 Å². The fourth-order valence-corrected chi connectivity index (χ4v) is 3.08. The van der Waals surface area contributed by atoms with E-state index in [2.05, 4.69) is 63.7 Å². The molecule has 0 aromatic carbocycles. The van der Waals surface area contributed by atoms with E-state index < -0.39 is 0 Å². The number of likely N-dealkylation sites (N-methyl/N-ethyl adjacent to an activating group) is 1. The summed E-state index contributed by atoms with van der Waals surface area (Å²) in [4.78, 5) is 5.16. The van der Waals surface area contributed by atoms with Gasteiger partial charge in [0.1, 0.15) is 0 Å². The molecule has 1 saturated heterocycles. The van der Waals surface area contributed by atoms with Crippen LogP contribution in [0.1, 0.15) is 54.4 Å². The molecule has 0 amide bonds. The first-order valence-corrected chi connectivity index (χ1v) is 8.39. The molecular formula is C17H37N3. The summed E-state index contributed by atoms with van der Waals surface area (Å²) in [5, 5.41) is 3.74. The van der Waals surface area contributed by atoms with Crippen LogP contribution in [-0.2, 0) is 0 Å². The molecule has 0 aliphatic carbocycles. The number of hydrogen-bond acceptors (Lipinski definition) is 3. The standard InChI is InChI=1S/C17H37N3/c1-8-17(9-2,13-18-16(4,5)6)14-20-11-10-19(7)12-15(20)3/h15,18H,8-14H2,1-7H3. The van der Waals surface area contributed by atoms with Crippen molar-refractivity contribution in [3.05, 3.63) is 0 Å². The van der Waals surface area contributed by atoms with Crippen molar-refractivity contribution < 1.29 is 0 Å². The van der Waals surface area contributed by atoms with Crippen LogP contribution in [0, 0.1) is 5.41 Å². The fraction of sp³-hybridized carbons (Fsp3) is 1.00. The minimum atomic E-state index is 0.212. The first-order valence-electron chi connectivity index (χ1n) is 8.39. The van der Waals surface area contributed by atoms with Gasteiger partial charge in [0.05, 0.1) is 0 Å². The van der Waals surface area contributed by atoms with Crippen molar-refractivity contribution in [1.29, 1.82) is 0 Å². The van der Waals surface area contributed by atoms with E-state index in [1.807, 2.05) is 0 Å². The lowest BCUT2D eigenvalue weighted by Gasteiger charge is -2.45. The molecule has 0 radical (unpaired) electrons. The van der Waals surface area contributed by atoms with Gasteiger partial charge in [0.2, 0.25) is 0 Å². The van der Waals surface area contributed by atoms with Gasteiger partial charge in [-0.25, -0.2) is 0 Å². The number of piperazine rings is 1. The highest BCUT2D eigenvalue weighted by Crippen LogP contribution is 2.29. The molecule has 0 aromatic rings. The maximum atomic E-state index is 3.74. The highest BCUT2D eigenvalue weighted by molar-refractivity contribution is 4.89. The number of nitrogens with zero attached hydrogens (tertiary/aromatic N) is 2. The molecule has 0 saturated carbocycles. The molecule has 0 bridgehead atoms. The molecule has 1 aliphatic rings. The molecule has 3 heteroatoms. The molecule has 3 nitrogen and oxygen atoms in total. The summed E-state index contributed by atoms with van der Waals surface area (Å²) in [5.74, 6) is 0. The minimum Gasteiger partial charge on any atom is -0.311 e. The first kappa shape index (κ1) is 17.9. The topological polar surface area (TPSA) is 18.5 Å². The quantitative estimate of drug-likeness (QED) is 0.809. The summed E-state index contributed by atoms with van der Waals surface area (Å²) in [7, 11) is 2.24. The lowest BCUT2D eigenvalue weighted by Crippen LogP contribution is -2.55. The van der Waals surface area contributed by atoms with Gasteiger partial charge in [-0.15, -0.1) is 0 Å². The predicted octanol–water partition coefficient (Wildman–Crippen LogP) is 2.82. The normalized spacial score (nSPS) is 23.2. The Morgan fingerprint density at radius 3 is 2.15 bits per heavy atom. The van der Waals surface area contributed by atoms with Crippen LogP contribution in [0.15, 0.2) is 0 Å². The van der Waals surface area contributed by atoms with Gasteiger partial charge in [-0.05, 0) is 53.0 Å². The van der Waals surface area contributed by atoms with Crippen LogP contribution in [0.25, 0.3) is 0 Å². The molecule has 0 aromatic heterocycles. The Hall–Kier alpha value is -0.120. The van der Waals surface area contributed by atoms with Crippen LogP contribution >= 0.6 is 0 Å². The van der Waals surface area contributed by atoms with Crippen molar-refractivity contribution in [3.8, 4) is 0 Å². The second-order valence-electron chi connectivity index (χ2n) is 7.89. The lowest BCUT2D eigenvalue weighted by molar-refractivity contribution is 0.0471. The largest absolute Gasteiger partial charge is 0.311 e. The van der Waals surface area contributed by atoms with E-state index in [0.29, 0.717) is 11.5 Å². The fourth-order valence-electron chi connectivity index (χ4n) is 3.08. The highest BCUT2D eigenvalue weighted by Gasteiger charge is 2.33. The molecule has 1 fully saturated rings. The maximum Gasteiger partial charge on any atom is 0.0195 e. The summed E-state index contributed by atoms with van der Waals surface area (Å²) in [5.41, 5.74) is 0.626. The van der Waals surface area contributed by atoms with Crippen LogP contribution in [0.4, 0.5) is 0 Å². The number of rotatable bonds is 6. The molecule has 1 N–H and O–H groups in total. The zero-order valence-electron chi connectivity index (χ0n) is 14.9. The van der Waals surface area contributed by atoms with E-state index in [1.54, 1.807) is 0 Å². The zero-order valence-corrected chi connectivity index (χ0v) is 14.9. The Balaban J connectivity index is 2.65. The van der Waals surface area contributed by atoms with E-state index in [1.165, 1.54) is 39.0 Å². The van der Waals surface area contributed by atoms with E-state index in [0.717, 1.165) is 6.54 Å². The third kappa shape index (κ3) is 5.34. The molecule has 0 spiro atoms. The van der Waals surface area contributed by atoms with Crippen LogP contribution in [0.5, 0.6) is 0 Å². The summed E-state index contributed by atoms with van der Waals surface area (Å²) in [6.45, 7) is 19.9. The van der Waals surface area contributed by atoms with Crippen molar-refractivity contribution in [1.82, 2.24) is 15.1 Å². The van der Waals surface area contributed by atoms with Gasteiger partial charge < -0.3 is 10.2 Å². The van der Waals surface area contributed by atoms with E-state index in [-0.39, 0.29) is 5.54 Å². The van der Waals surface area contributed by atoms with Crippen molar-refractivity contribution in [3.63, 3.8) is 0 Å². The number of nitrogens with one attached hydrogen (secondary N) is 1. The molecule has 1 unspecified atom stereocenters. The van der Waals surface area contributed by atoms with Crippen LogP contribution in [-0.4, -0.2) is 61.2 Å². The molecule has 1 heterocycles. The van der Waals surface area contributed by atoms with Gasteiger partial charge >= 0.3 is 0 Å². The van der Waals surface area contributed by atoms with Gasteiger partial charge in [-0.3, -0.25) is 4.90 Å². The molecule has 1 atom stereocenters. The van der Waals surface area contributed by atoms with Gasteiger partial charge in [0, 0.05) is 44.3 Å². The smallest absolute Gasteiger partial charge is 0.0195 e. The second kappa shape index (κ2) is 7.24. The van der Waals surface area contributed by atoms with Crippen molar-refractivity contribution in [2.75, 3.05) is 39.8 Å². The molecule has 1 rings (SSSR count).